The molecule has 1 heteroatoms. The number of rotatable bonds is 1. The van der Waals surface area contributed by atoms with Crippen molar-refractivity contribution in [1.29, 1.82) is 0 Å². The Bertz CT molecular complexity index is 587. The van der Waals surface area contributed by atoms with Crippen LogP contribution in [0.4, 0.5) is 0 Å². The Labute approximate surface area is 108 Å². The zero-order valence-electron chi connectivity index (χ0n) is 11.2. The van der Waals surface area contributed by atoms with Crippen molar-refractivity contribution in [1.82, 2.24) is 0 Å². The molecule has 18 heavy (non-hydrogen) atoms. The van der Waals surface area contributed by atoms with Crippen molar-refractivity contribution in [2.75, 3.05) is 0 Å². The third kappa shape index (κ3) is 1.43. The van der Waals surface area contributed by atoms with E-state index in [2.05, 4.69) is 50.3 Å². The Hall–Kier alpha value is -1.63. The number of fused-ring (bicyclic) bond motifs is 3. The molecule has 0 heterocycles. The summed E-state index contributed by atoms with van der Waals surface area (Å²) in [7, 11) is 0. The van der Waals surface area contributed by atoms with Crippen LogP contribution in [0.15, 0.2) is 42.0 Å². The lowest BCUT2D eigenvalue weighted by Gasteiger charge is -2.25. The Kier molecular flexibility index (Phi) is 2.34. The van der Waals surface area contributed by atoms with Crippen molar-refractivity contribution in [2.45, 2.75) is 32.6 Å². The van der Waals surface area contributed by atoms with Crippen molar-refractivity contribution < 1.29 is 4.79 Å². The predicted molar refractivity (Wildman–Crippen MR) is 74.3 cm³/mol. The highest BCUT2D eigenvalue weighted by molar-refractivity contribution is 5.93. The normalized spacial score (nSPS) is 23.8. The van der Waals surface area contributed by atoms with Gasteiger partial charge in [-0.3, -0.25) is 4.79 Å². The highest BCUT2D eigenvalue weighted by Gasteiger charge is 2.39. The smallest absolute Gasteiger partial charge is 0.136 e. The molecule has 0 radical (unpaired) electrons. The van der Waals surface area contributed by atoms with Crippen LogP contribution in [0.1, 0.15) is 38.3 Å². The molecule has 1 nitrogen and oxygen atoms in total. The summed E-state index contributed by atoms with van der Waals surface area (Å²) in [5.41, 5.74) is 5.43. The summed E-state index contributed by atoms with van der Waals surface area (Å²) in [6.45, 7) is 6.23. The average molecular weight is 238 g/mol. The summed E-state index contributed by atoms with van der Waals surface area (Å²) in [5, 5.41) is 0. The zero-order valence-corrected chi connectivity index (χ0v) is 11.2. The van der Waals surface area contributed by atoms with Gasteiger partial charge in [0, 0.05) is 11.3 Å². The van der Waals surface area contributed by atoms with E-state index in [-0.39, 0.29) is 17.1 Å². The fourth-order valence-corrected chi connectivity index (χ4v) is 3.23. The fraction of sp³-hybridized carbons (Fsp3) is 0.353. The molecule has 0 aromatic heterocycles. The first-order valence-corrected chi connectivity index (χ1v) is 6.55. The summed E-state index contributed by atoms with van der Waals surface area (Å²) in [6.07, 6.45) is 5.29. The lowest BCUT2D eigenvalue weighted by Crippen LogP contribution is -2.18. The van der Waals surface area contributed by atoms with Gasteiger partial charge in [-0.05, 0) is 35.6 Å². The molecule has 0 fully saturated rings. The minimum absolute atomic E-state index is 0.0608. The SMILES string of the molecule is CC(=O)C1C=C2C(=CC1)C(C)(C)c1ccccc12. The largest absolute Gasteiger partial charge is 0.299 e. The lowest BCUT2D eigenvalue weighted by atomic mass is 9.78. The number of benzene rings is 1. The molecule has 0 bridgehead atoms. The van der Waals surface area contributed by atoms with Crippen LogP contribution in [0.2, 0.25) is 0 Å². The topological polar surface area (TPSA) is 17.1 Å². The summed E-state index contributed by atoms with van der Waals surface area (Å²) in [6, 6.07) is 8.56. The second-order valence-electron chi connectivity index (χ2n) is 5.82. The number of allylic oxidation sites excluding steroid dienone is 4. The summed E-state index contributed by atoms with van der Waals surface area (Å²) in [4.78, 5) is 11.6. The molecule has 3 rings (SSSR count). The maximum atomic E-state index is 11.6. The molecule has 1 atom stereocenters. The highest BCUT2D eigenvalue weighted by atomic mass is 16.1. The Morgan fingerprint density at radius 2 is 2.00 bits per heavy atom. The lowest BCUT2D eigenvalue weighted by molar-refractivity contribution is -0.119. The molecule has 2 aliphatic rings. The molecular weight excluding hydrogens is 220 g/mol. The predicted octanol–water partition coefficient (Wildman–Crippen LogP) is 3.90. The highest BCUT2D eigenvalue weighted by Crippen LogP contribution is 2.51. The summed E-state index contributed by atoms with van der Waals surface area (Å²) >= 11 is 0. The number of Topliss-reactive ketones (excluding diaryl/α,β-unsaturated/α-hetero) is 1. The molecule has 0 spiro atoms. The quantitative estimate of drug-likeness (QED) is 0.725. The summed E-state index contributed by atoms with van der Waals surface area (Å²) in [5.74, 6) is 0.325. The Morgan fingerprint density at radius 1 is 1.28 bits per heavy atom. The van der Waals surface area contributed by atoms with Gasteiger partial charge in [0.2, 0.25) is 0 Å². The Balaban J connectivity index is 2.20. The van der Waals surface area contributed by atoms with Gasteiger partial charge in [0.05, 0.1) is 0 Å². The number of carbonyl (C=O) groups excluding carboxylic acids is 1. The van der Waals surface area contributed by atoms with Gasteiger partial charge in [0.25, 0.3) is 0 Å². The minimum atomic E-state index is 0.0608. The first-order chi connectivity index (χ1) is 8.51. The van der Waals surface area contributed by atoms with Crippen LogP contribution < -0.4 is 0 Å². The van der Waals surface area contributed by atoms with E-state index in [0.29, 0.717) is 0 Å². The van der Waals surface area contributed by atoms with Gasteiger partial charge in [-0.2, -0.15) is 0 Å². The maximum Gasteiger partial charge on any atom is 0.136 e. The van der Waals surface area contributed by atoms with E-state index < -0.39 is 0 Å². The molecule has 0 aliphatic heterocycles. The third-order valence-corrected chi connectivity index (χ3v) is 4.32. The van der Waals surface area contributed by atoms with Crippen molar-refractivity contribution in [3.05, 3.63) is 53.1 Å². The fourth-order valence-electron chi connectivity index (χ4n) is 3.23. The molecule has 0 amide bonds. The van der Waals surface area contributed by atoms with Crippen molar-refractivity contribution in [3.8, 4) is 0 Å². The van der Waals surface area contributed by atoms with E-state index in [1.54, 1.807) is 6.92 Å². The van der Waals surface area contributed by atoms with E-state index in [1.807, 2.05) is 0 Å². The van der Waals surface area contributed by atoms with Crippen LogP contribution in [0.25, 0.3) is 5.57 Å². The van der Waals surface area contributed by atoms with Crippen LogP contribution in [-0.4, -0.2) is 5.78 Å². The van der Waals surface area contributed by atoms with Crippen molar-refractivity contribution >= 4 is 11.4 Å². The van der Waals surface area contributed by atoms with E-state index in [1.165, 1.54) is 22.3 Å². The van der Waals surface area contributed by atoms with Gasteiger partial charge >= 0.3 is 0 Å². The summed E-state index contributed by atoms with van der Waals surface area (Å²) < 4.78 is 0. The first-order valence-electron chi connectivity index (χ1n) is 6.55. The van der Waals surface area contributed by atoms with Gasteiger partial charge in [0.15, 0.2) is 0 Å². The van der Waals surface area contributed by atoms with Gasteiger partial charge in [0.1, 0.15) is 5.78 Å². The van der Waals surface area contributed by atoms with Crippen LogP contribution in [-0.2, 0) is 10.2 Å². The van der Waals surface area contributed by atoms with Crippen LogP contribution >= 0.6 is 0 Å². The minimum Gasteiger partial charge on any atom is -0.299 e. The molecule has 2 aliphatic carbocycles. The van der Waals surface area contributed by atoms with E-state index >= 15 is 0 Å². The number of hydrogen-bond donors (Lipinski definition) is 0. The molecule has 1 aromatic rings. The molecule has 1 unspecified atom stereocenters. The first kappa shape index (κ1) is 11.5. The monoisotopic (exact) mass is 238 g/mol. The van der Waals surface area contributed by atoms with Crippen LogP contribution in [0.5, 0.6) is 0 Å². The molecule has 0 N–H and O–H groups in total. The van der Waals surface area contributed by atoms with Gasteiger partial charge in [-0.15, -0.1) is 0 Å². The molecular formula is C17H18O. The maximum absolute atomic E-state index is 11.6. The second-order valence-corrected chi connectivity index (χ2v) is 5.82. The van der Waals surface area contributed by atoms with Crippen LogP contribution in [0, 0.1) is 5.92 Å². The van der Waals surface area contributed by atoms with Crippen molar-refractivity contribution in [2.24, 2.45) is 5.92 Å². The number of carbonyl (C=O) groups is 1. The molecule has 0 saturated heterocycles. The molecule has 0 saturated carbocycles. The van der Waals surface area contributed by atoms with Gasteiger partial charge in [-0.1, -0.05) is 50.3 Å². The van der Waals surface area contributed by atoms with E-state index in [0.717, 1.165) is 6.42 Å². The molecule has 1 aromatic carbocycles. The standard InChI is InChI=1S/C17H18O/c1-11(18)12-8-9-16-14(10-12)13-6-4-5-7-15(13)17(16,2)3/h4-7,9-10,12H,8H2,1-3H3. The van der Waals surface area contributed by atoms with Crippen molar-refractivity contribution in [3.63, 3.8) is 0 Å². The number of ketones is 1. The number of hydrogen-bond acceptors (Lipinski definition) is 1. The Morgan fingerprint density at radius 3 is 2.72 bits per heavy atom. The van der Waals surface area contributed by atoms with E-state index in [9.17, 15) is 4.79 Å². The average Bonchev–Trinajstić information content (AvgIpc) is 2.59. The molecule has 92 valence electrons. The second kappa shape index (κ2) is 3.68. The van der Waals surface area contributed by atoms with E-state index in [4.69, 9.17) is 0 Å². The zero-order chi connectivity index (χ0) is 12.9. The third-order valence-electron chi connectivity index (χ3n) is 4.32. The van der Waals surface area contributed by atoms with Gasteiger partial charge < -0.3 is 0 Å². The van der Waals surface area contributed by atoms with Crippen LogP contribution in [0.3, 0.4) is 0 Å². The van der Waals surface area contributed by atoms with Gasteiger partial charge in [-0.25, -0.2) is 0 Å².